The zero-order valence-electron chi connectivity index (χ0n) is 28.0. The first-order chi connectivity index (χ1) is 21.0. The van der Waals surface area contributed by atoms with Crippen molar-refractivity contribution >= 4 is 46.7 Å². The molecular weight excluding hydrogens is 647 g/mol. The average Bonchev–Trinajstić information content (AvgIpc) is 3.29. The number of nitrogens with zero attached hydrogens (tertiary/aromatic N) is 5. The topological polar surface area (TPSA) is 108 Å². The maximum atomic E-state index is 13.9. The molecule has 2 aromatic rings. The Bertz CT molecular complexity index is 1450. The number of likely N-dealkylation sites (tertiary alicyclic amines) is 1. The summed E-state index contributed by atoms with van der Waals surface area (Å²) >= 11 is 0. The van der Waals surface area contributed by atoms with Crippen LogP contribution in [0.3, 0.4) is 0 Å². The standard InChI is InChI=1S/C33H50N6O4S.2ClH/c1-6-7-19-38-31(40)30(22-26-11-9-8-10-12-26)34-32(41)33(38)17-20-37(21-18-33)23-29-24(2)35-39(25(29)3)27-13-15-28(16-14-27)44(42,43)36(4)5;;/h13-16,26,30H,6-12,17-23H2,1-5H3,(H,34,41);2*1H/t30-;;/m0../s1. The SMILES string of the molecule is CCCCN1C(=O)[C@H](CC2CCCCC2)NC(=O)C12CCN(Cc1c(C)nn(-c3ccc(S(=O)(=O)N(C)C)cc3)c1C)CC2.Cl.Cl. The van der Waals surface area contributed by atoms with Gasteiger partial charge in [0.25, 0.3) is 0 Å². The molecule has 3 fully saturated rings. The Labute approximate surface area is 287 Å². The summed E-state index contributed by atoms with van der Waals surface area (Å²) in [5, 5.41) is 7.99. The van der Waals surface area contributed by atoms with Gasteiger partial charge in [0, 0.05) is 51.5 Å². The molecule has 0 unspecified atom stereocenters. The molecule has 13 heteroatoms. The van der Waals surface area contributed by atoms with Crippen LogP contribution in [0.25, 0.3) is 5.69 Å². The van der Waals surface area contributed by atoms with E-state index in [0.29, 0.717) is 31.8 Å². The van der Waals surface area contributed by atoms with Crippen molar-refractivity contribution < 1.29 is 18.0 Å². The van der Waals surface area contributed by atoms with Gasteiger partial charge >= 0.3 is 0 Å². The number of carbonyl (C=O) groups is 2. The smallest absolute Gasteiger partial charge is 0.246 e. The Balaban J connectivity index is 0.00000288. The van der Waals surface area contributed by atoms with Gasteiger partial charge in [-0.25, -0.2) is 17.4 Å². The van der Waals surface area contributed by atoms with Crippen LogP contribution in [0.2, 0.25) is 0 Å². The van der Waals surface area contributed by atoms with Gasteiger partial charge in [-0.05, 0) is 69.7 Å². The van der Waals surface area contributed by atoms with Gasteiger partial charge in [0.1, 0.15) is 11.6 Å². The van der Waals surface area contributed by atoms with E-state index in [1.165, 1.54) is 37.7 Å². The number of hydrogen-bond donors (Lipinski definition) is 1. The van der Waals surface area contributed by atoms with Crippen LogP contribution in [0.4, 0.5) is 0 Å². The number of piperidine rings is 1. The minimum Gasteiger partial charge on any atom is -0.342 e. The van der Waals surface area contributed by atoms with Crippen LogP contribution in [0.1, 0.15) is 88.1 Å². The number of aryl methyl sites for hydroxylation is 1. The number of hydrogen-bond acceptors (Lipinski definition) is 6. The minimum atomic E-state index is -3.50. The average molecular weight is 700 g/mol. The van der Waals surface area contributed by atoms with Crippen LogP contribution >= 0.6 is 24.8 Å². The van der Waals surface area contributed by atoms with Crippen molar-refractivity contribution in [2.45, 2.75) is 108 Å². The summed E-state index contributed by atoms with van der Waals surface area (Å²) in [7, 11) is -0.457. The number of carbonyl (C=O) groups excluding carboxylic acids is 2. The van der Waals surface area contributed by atoms with Crippen molar-refractivity contribution in [1.82, 2.24) is 29.2 Å². The van der Waals surface area contributed by atoms with E-state index in [1.807, 2.05) is 23.4 Å². The van der Waals surface area contributed by atoms with Crippen molar-refractivity contribution in [3.8, 4) is 5.69 Å². The molecule has 3 aliphatic rings. The quantitative estimate of drug-likeness (QED) is 0.374. The van der Waals surface area contributed by atoms with E-state index < -0.39 is 15.6 Å². The number of nitrogens with one attached hydrogen (secondary N) is 1. The Kier molecular flexibility index (Phi) is 13.2. The largest absolute Gasteiger partial charge is 0.342 e. The fourth-order valence-corrected chi connectivity index (χ4v) is 8.26. The molecule has 1 atom stereocenters. The van der Waals surface area contributed by atoms with Crippen LogP contribution in [-0.2, 0) is 26.2 Å². The maximum Gasteiger partial charge on any atom is 0.246 e. The predicted molar refractivity (Wildman–Crippen MR) is 185 cm³/mol. The molecule has 1 N–H and O–H groups in total. The summed E-state index contributed by atoms with van der Waals surface area (Å²) < 4.78 is 28.1. The number of sulfonamides is 1. The number of halogens is 2. The molecule has 5 rings (SSSR count). The van der Waals surface area contributed by atoms with Crippen molar-refractivity contribution in [1.29, 1.82) is 0 Å². The maximum absolute atomic E-state index is 13.9. The number of benzene rings is 1. The molecule has 0 bridgehead atoms. The third kappa shape index (κ3) is 7.59. The molecule has 258 valence electrons. The fraction of sp³-hybridized carbons (Fsp3) is 0.667. The predicted octanol–water partition coefficient (Wildman–Crippen LogP) is 5.02. The molecule has 2 amide bonds. The lowest BCUT2D eigenvalue weighted by molar-refractivity contribution is -0.162. The van der Waals surface area contributed by atoms with Gasteiger partial charge in [-0.15, -0.1) is 24.8 Å². The van der Waals surface area contributed by atoms with Crippen LogP contribution in [0, 0.1) is 19.8 Å². The zero-order valence-corrected chi connectivity index (χ0v) is 30.4. The Hall–Kier alpha value is -2.18. The monoisotopic (exact) mass is 698 g/mol. The molecule has 1 spiro atoms. The second-order valence-corrected chi connectivity index (χ2v) is 15.4. The highest BCUT2D eigenvalue weighted by Crippen LogP contribution is 2.36. The Morgan fingerprint density at radius 3 is 2.22 bits per heavy atom. The van der Waals surface area contributed by atoms with E-state index in [-0.39, 0.29) is 47.6 Å². The molecule has 2 aliphatic heterocycles. The summed E-state index contributed by atoms with van der Waals surface area (Å²) in [6.07, 6.45) is 9.96. The second kappa shape index (κ2) is 15.8. The number of aromatic nitrogens is 2. The minimum absolute atomic E-state index is 0. The van der Waals surface area contributed by atoms with E-state index in [1.54, 1.807) is 24.3 Å². The first-order valence-electron chi connectivity index (χ1n) is 16.4. The van der Waals surface area contributed by atoms with E-state index >= 15 is 0 Å². The number of rotatable bonds is 10. The number of piperazine rings is 1. The summed E-state index contributed by atoms with van der Waals surface area (Å²) in [5.41, 5.74) is 3.10. The highest BCUT2D eigenvalue weighted by Gasteiger charge is 2.53. The van der Waals surface area contributed by atoms with Gasteiger partial charge in [0.2, 0.25) is 21.8 Å². The van der Waals surface area contributed by atoms with Gasteiger partial charge in [0.05, 0.1) is 16.3 Å². The van der Waals surface area contributed by atoms with E-state index in [2.05, 4.69) is 17.1 Å². The summed E-state index contributed by atoms with van der Waals surface area (Å²) in [4.78, 5) is 32.3. The molecule has 2 saturated heterocycles. The van der Waals surface area contributed by atoms with Crippen molar-refractivity contribution in [3.63, 3.8) is 0 Å². The van der Waals surface area contributed by atoms with Gasteiger partial charge in [0.15, 0.2) is 0 Å². The summed E-state index contributed by atoms with van der Waals surface area (Å²) in [6, 6.07) is 6.42. The molecule has 1 aliphatic carbocycles. The molecular formula is C33H52Cl2N6O4S. The van der Waals surface area contributed by atoms with Crippen LogP contribution < -0.4 is 5.32 Å². The Morgan fingerprint density at radius 1 is 1.00 bits per heavy atom. The lowest BCUT2D eigenvalue weighted by atomic mass is 9.79. The van der Waals surface area contributed by atoms with Gasteiger partial charge in [-0.3, -0.25) is 14.5 Å². The van der Waals surface area contributed by atoms with Crippen molar-refractivity contribution in [2.75, 3.05) is 33.7 Å². The zero-order chi connectivity index (χ0) is 31.6. The molecule has 10 nitrogen and oxygen atoms in total. The third-order valence-electron chi connectivity index (χ3n) is 10.2. The lowest BCUT2D eigenvalue weighted by Crippen LogP contribution is -2.73. The van der Waals surface area contributed by atoms with Crippen molar-refractivity contribution in [3.05, 3.63) is 41.2 Å². The van der Waals surface area contributed by atoms with Crippen LogP contribution in [0.15, 0.2) is 29.2 Å². The highest BCUT2D eigenvalue weighted by atomic mass is 35.5. The van der Waals surface area contributed by atoms with Gasteiger partial charge in [-0.1, -0.05) is 45.4 Å². The van der Waals surface area contributed by atoms with E-state index in [4.69, 9.17) is 5.10 Å². The van der Waals surface area contributed by atoms with Crippen molar-refractivity contribution in [2.24, 2.45) is 5.92 Å². The second-order valence-electron chi connectivity index (χ2n) is 13.3. The molecule has 1 aromatic carbocycles. The van der Waals surface area contributed by atoms with E-state index in [9.17, 15) is 18.0 Å². The third-order valence-corrected chi connectivity index (χ3v) is 12.0. The van der Waals surface area contributed by atoms with Gasteiger partial charge < -0.3 is 10.2 Å². The molecule has 3 heterocycles. The highest BCUT2D eigenvalue weighted by molar-refractivity contribution is 7.89. The van der Waals surface area contributed by atoms with E-state index in [0.717, 1.165) is 67.8 Å². The van der Waals surface area contributed by atoms with Crippen LogP contribution in [0.5, 0.6) is 0 Å². The lowest BCUT2D eigenvalue weighted by Gasteiger charge is -2.52. The summed E-state index contributed by atoms with van der Waals surface area (Å²) in [5.74, 6) is 0.682. The number of unbranched alkanes of at least 4 members (excludes halogenated alkanes) is 1. The molecule has 1 saturated carbocycles. The number of amides is 2. The molecule has 46 heavy (non-hydrogen) atoms. The first kappa shape index (κ1) is 38.3. The molecule has 0 radical (unpaired) electrons. The van der Waals surface area contributed by atoms with Crippen LogP contribution in [-0.4, -0.2) is 89.4 Å². The van der Waals surface area contributed by atoms with Gasteiger partial charge in [-0.2, -0.15) is 5.10 Å². The summed E-state index contributed by atoms with van der Waals surface area (Å²) in [6.45, 7) is 8.96. The Morgan fingerprint density at radius 2 is 1.63 bits per heavy atom. The normalized spacial score (nSPS) is 20.8. The molecule has 1 aromatic heterocycles. The fourth-order valence-electron chi connectivity index (χ4n) is 7.36. The first-order valence-corrected chi connectivity index (χ1v) is 17.8.